The van der Waals surface area contributed by atoms with Crippen LogP contribution in [0.5, 0.6) is 5.75 Å². The maximum Gasteiger partial charge on any atom is 0.254 e. The maximum absolute atomic E-state index is 12.6. The summed E-state index contributed by atoms with van der Waals surface area (Å²) in [5.74, 6) is 1.50. The van der Waals surface area contributed by atoms with Gasteiger partial charge in [0.2, 0.25) is 0 Å². The Morgan fingerprint density at radius 2 is 2.05 bits per heavy atom. The normalized spacial score (nSPS) is 15.3. The second kappa shape index (κ2) is 7.46. The number of carbonyl (C=O) groups is 1. The molecule has 1 aliphatic rings. The molecule has 1 aliphatic heterocycles. The number of hydrogen-bond acceptors (Lipinski definition) is 3. The molecule has 0 aliphatic carbocycles. The first-order chi connectivity index (χ1) is 10.1. The molecule has 1 aromatic rings. The fraction of sp³-hybridized carbons (Fsp3) is 0.588. The summed E-state index contributed by atoms with van der Waals surface area (Å²) in [6.07, 6.45) is 0.839. The van der Waals surface area contributed by atoms with E-state index in [1.165, 1.54) is 0 Å². The summed E-state index contributed by atoms with van der Waals surface area (Å²) < 4.78 is 5.76. The minimum absolute atomic E-state index is 0.142. The van der Waals surface area contributed by atoms with Crippen molar-refractivity contribution in [3.63, 3.8) is 0 Å². The van der Waals surface area contributed by atoms with Crippen LogP contribution in [0.25, 0.3) is 0 Å². The van der Waals surface area contributed by atoms with Gasteiger partial charge in [-0.3, -0.25) is 4.79 Å². The van der Waals surface area contributed by atoms with Crippen molar-refractivity contribution in [1.82, 2.24) is 10.2 Å². The number of ether oxygens (including phenoxy) is 1. The smallest absolute Gasteiger partial charge is 0.254 e. The third kappa shape index (κ3) is 4.21. The minimum Gasteiger partial charge on any atom is -0.493 e. The molecule has 4 nitrogen and oxygen atoms in total. The Morgan fingerprint density at radius 3 is 2.67 bits per heavy atom. The van der Waals surface area contributed by atoms with E-state index in [1.54, 1.807) is 0 Å². The van der Waals surface area contributed by atoms with E-state index in [4.69, 9.17) is 4.74 Å². The van der Waals surface area contributed by atoms with Crippen molar-refractivity contribution < 1.29 is 9.53 Å². The molecule has 116 valence electrons. The van der Waals surface area contributed by atoms with Crippen molar-refractivity contribution in [3.8, 4) is 5.75 Å². The van der Waals surface area contributed by atoms with E-state index < -0.39 is 0 Å². The van der Waals surface area contributed by atoms with Gasteiger partial charge < -0.3 is 15.0 Å². The Morgan fingerprint density at radius 1 is 1.33 bits per heavy atom. The molecule has 2 rings (SSSR count). The van der Waals surface area contributed by atoms with Gasteiger partial charge in [0.15, 0.2) is 0 Å². The van der Waals surface area contributed by atoms with Crippen molar-refractivity contribution >= 4 is 5.91 Å². The highest BCUT2D eigenvalue weighted by Crippen LogP contribution is 2.21. The molecule has 1 N–H and O–H groups in total. The molecule has 4 heteroatoms. The molecule has 0 saturated carbocycles. The molecule has 1 fully saturated rings. The quantitative estimate of drug-likeness (QED) is 0.905. The van der Waals surface area contributed by atoms with Gasteiger partial charge in [0.25, 0.3) is 5.91 Å². The van der Waals surface area contributed by atoms with E-state index in [0.29, 0.717) is 12.5 Å². The number of nitrogens with zero attached hydrogens (tertiary/aromatic N) is 1. The first kappa shape index (κ1) is 15.8. The molecule has 0 bridgehead atoms. The number of hydrogen-bond donors (Lipinski definition) is 1. The largest absolute Gasteiger partial charge is 0.493 e. The summed E-state index contributed by atoms with van der Waals surface area (Å²) in [6, 6.07) is 5.84. The van der Waals surface area contributed by atoms with Gasteiger partial charge in [-0.15, -0.1) is 0 Å². The molecule has 1 heterocycles. The third-order valence-corrected chi connectivity index (χ3v) is 3.68. The Hall–Kier alpha value is -1.55. The summed E-state index contributed by atoms with van der Waals surface area (Å²) >= 11 is 0. The third-order valence-electron chi connectivity index (χ3n) is 3.68. The minimum atomic E-state index is 0.142. The van der Waals surface area contributed by atoms with Crippen LogP contribution >= 0.6 is 0 Å². The second-order valence-electron chi connectivity index (χ2n) is 5.92. The SMILES string of the molecule is CCc1cc(OCC(C)C)ccc1C(=O)N1CCNCC1. The standard InChI is InChI=1S/C17H26N2O2/c1-4-14-11-15(21-12-13(2)3)5-6-16(14)17(20)19-9-7-18-8-10-19/h5-6,11,13,18H,4,7-10,12H2,1-3H3. The maximum atomic E-state index is 12.6. The summed E-state index contributed by atoms with van der Waals surface area (Å²) in [5.41, 5.74) is 1.89. The molecule has 0 unspecified atom stereocenters. The van der Waals surface area contributed by atoms with Gasteiger partial charge in [0.1, 0.15) is 5.75 Å². The fourth-order valence-corrected chi connectivity index (χ4v) is 2.46. The van der Waals surface area contributed by atoms with Gasteiger partial charge in [-0.05, 0) is 36.1 Å². The van der Waals surface area contributed by atoms with E-state index in [0.717, 1.165) is 49.5 Å². The zero-order valence-corrected chi connectivity index (χ0v) is 13.3. The molecule has 0 atom stereocenters. The second-order valence-corrected chi connectivity index (χ2v) is 5.92. The lowest BCUT2D eigenvalue weighted by Gasteiger charge is -2.28. The van der Waals surface area contributed by atoms with Gasteiger partial charge >= 0.3 is 0 Å². The molecule has 1 saturated heterocycles. The van der Waals surface area contributed by atoms with Gasteiger partial charge in [-0.2, -0.15) is 0 Å². The molecule has 0 radical (unpaired) electrons. The van der Waals surface area contributed by atoms with Gasteiger partial charge in [-0.1, -0.05) is 20.8 Å². The van der Waals surface area contributed by atoms with Crippen LogP contribution in [0, 0.1) is 5.92 Å². The van der Waals surface area contributed by atoms with Crippen LogP contribution < -0.4 is 10.1 Å². The molecular formula is C17H26N2O2. The highest BCUT2D eigenvalue weighted by Gasteiger charge is 2.20. The van der Waals surface area contributed by atoms with Gasteiger partial charge in [0, 0.05) is 31.7 Å². The van der Waals surface area contributed by atoms with Crippen LogP contribution in [0.3, 0.4) is 0 Å². The predicted molar refractivity (Wildman–Crippen MR) is 84.9 cm³/mol. The van der Waals surface area contributed by atoms with Crippen molar-refractivity contribution in [2.75, 3.05) is 32.8 Å². The van der Waals surface area contributed by atoms with Crippen LogP contribution in [0.2, 0.25) is 0 Å². The fourth-order valence-electron chi connectivity index (χ4n) is 2.46. The number of aryl methyl sites for hydroxylation is 1. The summed E-state index contributed by atoms with van der Waals surface area (Å²) in [7, 11) is 0. The lowest BCUT2D eigenvalue weighted by atomic mass is 10.0. The summed E-state index contributed by atoms with van der Waals surface area (Å²) in [5, 5.41) is 3.27. The van der Waals surface area contributed by atoms with Crippen molar-refractivity contribution in [1.29, 1.82) is 0 Å². The highest BCUT2D eigenvalue weighted by molar-refractivity contribution is 5.96. The Labute approximate surface area is 127 Å². The van der Waals surface area contributed by atoms with Gasteiger partial charge in [-0.25, -0.2) is 0 Å². The van der Waals surface area contributed by atoms with Crippen molar-refractivity contribution in [2.45, 2.75) is 27.2 Å². The van der Waals surface area contributed by atoms with Crippen LogP contribution in [-0.4, -0.2) is 43.6 Å². The zero-order chi connectivity index (χ0) is 15.2. The molecular weight excluding hydrogens is 264 g/mol. The highest BCUT2D eigenvalue weighted by atomic mass is 16.5. The van der Waals surface area contributed by atoms with Crippen LogP contribution in [0.4, 0.5) is 0 Å². The summed E-state index contributed by atoms with van der Waals surface area (Å²) in [6.45, 7) is 10.4. The number of nitrogens with one attached hydrogen (secondary N) is 1. The number of rotatable bonds is 5. The van der Waals surface area contributed by atoms with Crippen molar-refractivity contribution in [3.05, 3.63) is 29.3 Å². The first-order valence-corrected chi connectivity index (χ1v) is 7.87. The number of piperazine rings is 1. The number of amides is 1. The van der Waals surface area contributed by atoms with E-state index >= 15 is 0 Å². The predicted octanol–water partition coefficient (Wildman–Crippen LogP) is 2.33. The van der Waals surface area contributed by atoms with Crippen molar-refractivity contribution in [2.24, 2.45) is 5.92 Å². The Kier molecular flexibility index (Phi) is 5.62. The van der Waals surface area contributed by atoms with E-state index in [-0.39, 0.29) is 5.91 Å². The Balaban J connectivity index is 2.13. The number of benzene rings is 1. The van der Waals surface area contributed by atoms with Crippen LogP contribution in [-0.2, 0) is 6.42 Å². The van der Waals surface area contributed by atoms with Crippen LogP contribution in [0.15, 0.2) is 18.2 Å². The van der Waals surface area contributed by atoms with E-state index in [1.807, 2.05) is 23.1 Å². The van der Waals surface area contributed by atoms with E-state index in [9.17, 15) is 4.79 Å². The Bertz CT molecular complexity index is 480. The number of carbonyl (C=O) groups excluding carboxylic acids is 1. The average Bonchev–Trinajstić information content (AvgIpc) is 2.52. The summed E-state index contributed by atoms with van der Waals surface area (Å²) in [4.78, 5) is 14.5. The average molecular weight is 290 g/mol. The molecule has 0 spiro atoms. The molecule has 1 aromatic carbocycles. The monoisotopic (exact) mass is 290 g/mol. The molecule has 1 amide bonds. The van der Waals surface area contributed by atoms with E-state index in [2.05, 4.69) is 26.1 Å². The molecule has 0 aromatic heterocycles. The first-order valence-electron chi connectivity index (χ1n) is 7.87. The topological polar surface area (TPSA) is 41.6 Å². The lowest BCUT2D eigenvalue weighted by Crippen LogP contribution is -2.46. The molecule has 21 heavy (non-hydrogen) atoms. The van der Waals surface area contributed by atoms with Gasteiger partial charge in [0.05, 0.1) is 6.61 Å². The lowest BCUT2D eigenvalue weighted by molar-refractivity contribution is 0.0734. The van der Waals surface area contributed by atoms with Crippen LogP contribution in [0.1, 0.15) is 36.7 Å². The zero-order valence-electron chi connectivity index (χ0n) is 13.3.